The lowest BCUT2D eigenvalue weighted by Gasteiger charge is -2.22. The molecule has 0 spiro atoms. The molecule has 6 atom stereocenters. The quantitative estimate of drug-likeness (QED) is 0.00553. The van der Waals surface area contributed by atoms with Gasteiger partial charge in [0.2, 0.25) is 0 Å². The van der Waals surface area contributed by atoms with Gasteiger partial charge in [-0.15, -0.1) is 0 Å². The predicted octanol–water partition coefficient (Wildman–Crippen LogP) is 11.2. The van der Waals surface area contributed by atoms with E-state index in [1.807, 2.05) is 0 Å². The number of aryl methyl sites for hydroxylation is 1. The number of nitrogens with one attached hydrogen (secondary N) is 1. The number of hydrogen-bond donors (Lipinski definition) is 5. The number of phosphoric ester groups is 2. The molecular weight excluding hydrogens is 1010 g/mol. The molecule has 0 aliphatic carbocycles. The maximum absolute atomic E-state index is 14.0. The van der Waals surface area contributed by atoms with Gasteiger partial charge in [0.15, 0.2) is 0 Å². The largest absolute Gasteiger partial charge is 0.513 e. The predicted molar refractivity (Wildman–Crippen MR) is 264 cm³/mol. The van der Waals surface area contributed by atoms with E-state index in [1.54, 1.807) is 6.92 Å². The molecule has 2 aromatic carbocycles. The minimum absolute atomic E-state index is 0. The number of H-pyrrole nitrogens is 1. The van der Waals surface area contributed by atoms with Crippen LogP contribution in [0, 0.1) is 6.92 Å². The summed E-state index contributed by atoms with van der Waals surface area (Å²) in [7, 11) is -16.8. The highest BCUT2D eigenvalue weighted by Crippen LogP contribution is 2.69. The van der Waals surface area contributed by atoms with Crippen LogP contribution in [0.15, 0.2) is 69.4 Å². The normalized spacial score (nSPS) is 17.7. The number of aromatic amines is 1. The molecule has 3 aromatic rings. The second-order valence-electron chi connectivity index (χ2n) is 16.4. The van der Waals surface area contributed by atoms with E-state index in [0.29, 0.717) is 6.42 Å². The van der Waals surface area contributed by atoms with Gasteiger partial charge < -0.3 is 41.0 Å². The number of carbonyl (C=O) groups is 2. The van der Waals surface area contributed by atoms with Crippen LogP contribution in [0.4, 0.5) is 4.79 Å². The van der Waals surface area contributed by atoms with Crippen LogP contribution in [0.2, 0.25) is 0 Å². The van der Waals surface area contributed by atoms with Crippen LogP contribution in [-0.2, 0) is 63.4 Å². The number of hydrogen-bond acceptors (Lipinski definition) is 19. The third-order valence-corrected chi connectivity index (χ3v) is 15.4. The summed E-state index contributed by atoms with van der Waals surface area (Å²) in [6.07, 6.45) is 14.6. The smallest absolute Gasteiger partial charge is 0.434 e. The van der Waals surface area contributed by atoms with Crippen molar-refractivity contribution in [3.05, 3.63) is 103 Å². The Morgan fingerprint density at radius 2 is 1.28 bits per heavy atom. The van der Waals surface area contributed by atoms with E-state index in [1.165, 1.54) is 126 Å². The van der Waals surface area contributed by atoms with E-state index >= 15 is 0 Å². The Labute approximate surface area is 418 Å². The summed E-state index contributed by atoms with van der Waals surface area (Å²) in [5, 5.41) is 3.57. The van der Waals surface area contributed by atoms with Crippen molar-refractivity contribution in [1.82, 2.24) is 21.9 Å². The standard InChI is InChI=1S/C44H64N5O18P3.2H3N/c1-4-6-7-8-9-10-11-12-13-14-15-16-17-18-27-59-44(53)64-37-25-21-35(22-26-37)31-62-70(58,61-30-34-19-23-36(24-20-34)63-41(50)5-2)67-69(56,57)66-68(54,55)60-32-39-38(47-48-45)28-40(65-39)49-29-33(3)42(51)46-43(49)52;;/h19-26,29,38-40H,4-18,27-28,30-32H2,1-3H3,(H,54,55)(H,56,57)(H,46,51,52);2*1H3/t38-,39+,40+,70?;;/m0../s1. The van der Waals surface area contributed by atoms with Crippen LogP contribution < -0.4 is 33.0 Å². The van der Waals surface area contributed by atoms with E-state index in [2.05, 4.69) is 26.2 Å². The van der Waals surface area contributed by atoms with Gasteiger partial charge in [-0.2, -0.15) is 8.62 Å². The van der Waals surface area contributed by atoms with E-state index in [-0.39, 0.29) is 59.9 Å². The highest BCUT2D eigenvalue weighted by atomic mass is 31.3. The highest BCUT2D eigenvalue weighted by Gasteiger charge is 2.45. The Kier molecular flexibility index (Phi) is 28.8. The molecule has 0 saturated carbocycles. The molecule has 25 nitrogen and oxygen atoms in total. The Hall–Kier alpha value is -4.54. The summed E-state index contributed by atoms with van der Waals surface area (Å²) in [6, 6.07) is 10.1. The van der Waals surface area contributed by atoms with Crippen LogP contribution >= 0.6 is 23.5 Å². The number of unbranched alkanes of at least 4 members (excludes halogenated alkanes) is 13. The summed E-state index contributed by atoms with van der Waals surface area (Å²) >= 11 is 0. The maximum atomic E-state index is 14.0. The van der Waals surface area contributed by atoms with Crippen LogP contribution in [0.25, 0.3) is 10.4 Å². The first-order valence-electron chi connectivity index (χ1n) is 23.3. The number of nitrogens with zero attached hydrogens (tertiary/aromatic N) is 4. The average molecular weight is 1080 g/mol. The van der Waals surface area contributed by atoms with Crippen molar-refractivity contribution in [2.24, 2.45) is 5.11 Å². The lowest BCUT2D eigenvalue weighted by Crippen LogP contribution is -2.33. The van der Waals surface area contributed by atoms with E-state index in [0.717, 1.165) is 23.8 Å². The second kappa shape index (κ2) is 32.6. The summed E-state index contributed by atoms with van der Waals surface area (Å²) in [6.45, 7) is 3.35. The molecule has 1 aliphatic heterocycles. The van der Waals surface area contributed by atoms with Gasteiger partial charge >= 0.3 is 41.3 Å². The Morgan fingerprint density at radius 3 is 1.79 bits per heavy atom. The van der Waals surface area contributed by atoms with Gasteiger partial charge in [-0.1, -0.05) is 127 Å². The van der Waals surface area contributed by atoms with E-state index in [9.17, 15) is 42.7 Å². The first kappa shape index (κ1) is 63.6. The molecule has 1 aliphatic rings. The average Bonchev–Trinajstić information content (AvgIpc) is 3.72. The summed E-state index contributed by atoms with van der Waals surface area (Å²) in [5.41, 5.74) is 8.30. The minimum atomic E-state index is -5.91. The molecular formula is C44H70N7O18P3. The fraction of sp³-hybridized carbons (Fsp3) is 0.591. The third-order valence-electron chi connectivity index (χ3n) is 10.7. The lowest BCUT2D eigenvalue weighted by molar-refractivity contribution is -0.134. The monoisotopic (exact) mass is 1080 g/mol. The van der Waals surface area contributed by atoms with Gasteiger partial charge in [-0.3, -0.25) is 32.7 Å². The summed E-state index contributed by atoms with van der Waals surface area (Å²) < 4.78 is 87.3. The molecule has 4 rings (SSSR count). The van der Waals surface area contributed by atoms with Gasteiger partial charge in [0.05, 0.1) is 38.6 Å². The van der Waals surface area contributed by atoms with Crippen molar-refractivity contribution in [3.8, 4) is 11.5 Å². The van der Waals surface area contributed by atoms with Gasteiger partial charge in [-0.25, -0.2) is 23.3 Å². The van der Waals surface area contributed by atoms with Crippen molar-refractivity contribution < 1.29 is 74.2 Å². The SMILES string of the molecule is CCCCCCCCCCCCCCCCOC(=O)Oc1ccc(COP(=O)(OCc2ccc(OC(=O)CC)cc2)OP(=O)(O)OP(=O)(O)OC[C@H]2O[C@@H](n3cc(C)c(=O)[nH]c3=O)C[C@@H]2N=[N+]=[N-])cc1.N.N. The number of carbonyl (C=O) groups excluding carboxylic acids is 2. The summed E-state index contributed by atoms with van der Waals surface area (Å²) in [4.78, 5) is 74.2. The zero-order valence-corrected chi connectivity index (χ0v) is 43.7. The van der Waals surface area contributed by atoms with Gasteiger partial charge in [0, 0.05) is 29.5 Å². The number of aromatic nitrogens is 2. The number of phosphoric acid groups is 3. The minimum Gasteiger partial charge on any atom is -0.434 e. The molecule has 9 N–H and O–H groups in total. The number of ether oxygens (including phenoxy) is 4. The van der Waals surface area contributed by atoms with Crippen LogP contribution in [-0.4, -0.2) is 56.8 Å². The second-order valence-corrected chi connectivity index (χ2v) is 21.3. The van der Waals surface area contributed by atoms with Crippen LogP contribution in [0.3, 0.4) is 0 Å². The van der Waals surface area contributed by atoms with Crippen LogP contribution in [0.1, 0.15) is 139 Å². The zero-order valence-electron chi connectivity index (χ0n) is 41.0. The molecule has 28 heteroatoms. The molecule has 0 amide bonds. The first-order valence-corrected chi connectivity index (χ1v) is 27.8. The van der Waals surface area contributed by atoms with E-state index in [4.69, 9.17) is 42.4 Å². The lowest BCUT2D eigenvalue weighted by atomic mass is 10.0. The molecule has 72 heavy (non-hydrogen) atoms. The Balaban J connectivity index is 0.00000888. The van der Waals surface area contributed by atoms with Crippen LogP contribution in [0.5, 0.6) is 11.5 Å². The van der Waals surface area contributed by atoms with Crippen molar-refractivity contribution in [2.45, 2.75) is 155 Å². The molecule has 1 aromatic heterocycles. The molecule has 3 unspecified atom stereocenters. The molecule has 404 valence electrons. The Morgan fingerprint density at radius 1 is 0.764 bits per heavy atom. The van der Waals surface area contributed by atoms with Crippen molar-refractivity contribution in [2.75, 3.05) is 13.2 Å². The van der Waals surface area contributed by atoms with Gasteiger partial charge in [-0.05, 0) is 54.3 Å². The molecule has 0 bridgehead atoms. The molecule has 1 saturated heterocycles. The van der Waals surface area contributed by atoms with Gasteiger partial charge in [0.25, 0.3) is 5.56 Å². The topological polar surface area (TPSA) is 382 Å². The molecule has 0 radical (unpaired) electrons. The highest BCUT2D eigenvalue weighted by molar-refractivity contribution is 7.67. The summed E-state index contributed by atoms with van der Waals surface area (Å²) in [5.74, 6) is -0.203. The first-order chi connectivity index (χ1) is 33.4. The van der Waals surface area contributed by atoms with Gasteiger partial charge in [0.1, 0.15) is 17.7 Å². The van der Waals surface area contributed by atoms with Crippen molar-refractivity contribution in [1.29, 1.82) is 0 Å². The molecule has 1 fully saturated rings. The fourth-order valence-corrected chi connectivity index (χ4v) is 11.0. The number of azide groups is 1. The van der Waals surface area contributed by atoms with E-state index < -0.39 is 85.0 Å². The number of esters is 1. The maximum Gasteiger partial charge on any atom is 0.513 e. The number of rotatable bonds is 33. The third kappa shape index (κ3) is 23.6. The van der Waals surface area contributed by atoms with Crippen molar-refractivity contribution >= 4 is 35.6 Å². The Bertz CT molecular complexity index is 2440. The number of benzene rings is 2. The molecule has 2 heterocycles. The van der Waals surface area contributed by atoms with Crippen molar-refractivity contribution in [3.63, 3.8) is 0 Å². The fourth-order valence-electron chi connectivity index (χ4n) is 6.97. The zero-order chi connectivity index (χ0) is 51.0.